The molecule has 3 heterocycles. The predicted octanol–water partition coefficient (Wildman–Crippen LogP) is 4.49. The lowest BCUT2D eigenvalue weighted by Crippen LogP contribution is -2.25. The third kappa shape index (κ3) is 4.32. The molecule has 8 nitrogen and oxygen atoms in total. The average Bonchev–Trinajstić information content (AvgIpc) is 3.32. The summed E-state index contributed by atoms with van der Waals surface area (Å²) in [6, 6.07) is 7.48. The SMILES string of the molecule is C=CCn1c(S[C@H](C)C(=O)c2[nH]c(C)c(C(C)=O)c2C)nnc1[C@@H]1COc2ccccc2O1. The first-order valence-electron chi connectivity index (χ1n) is 10.6. The first-order valence-corrected chi connectivity index (χ1v) is 11.5. The molecule has 172 valence electrons. The quantitative estimate of drug-likeness (QED) is 0.297. The van der Waals surface area contributed by atoms with Gasteiger partial charge < -0.3 is 14.5 Å². The van der Waals surface area contributed by atoms with Crippen molar-refractivity contribution in [3.63, 3.8) is 0 Å². The Labute approximate surface area is 196 Å². The number of para-hydroxylation sites is 2. The minimum absolute atomic E-state index is 0.0627. The highest BCUT2D eigenvalue weighted by Crippen LogP contribution is 2.36. The summed E-state index contributed by atoms with van der Waals surface area (Å²) in [6.45, 7) is 11.5. The van der Waals surface area contributed by atoms with Crippen LogP contribution in [0.15, 0.2) is 42.1 Å². The Bertz CT molecular complexity index is 1230. The van der Waals surface area contributed by atoms with Gasteiger partial charge in [0.2, 0.25) is 0 Å². The minimum atomic E-state index is -0.452. The zero-order chi connectivity index (χ0) is 23.7. The Morgan fingerprint density at radius 2 is 2.03 bits per heavy atom. The van der Waals surface area contributed by atoms with Crippen molar-refractivity contribution in [3.8, 4) is 11.5 Å². The molecule has 0 spiro atoms. The van der Waals surface area contributed by atoms with Crippen molar-refractivity contribution in [2.75, 3.05) is 6.61 Å². The number of rotatable bonds is 8. The molecule has 0 radical (unpaired) electrons. The van der Waals surface area contributed by atoms with Crippen LogP contribution in [0, 0.1) is 13.8 Å². The van der Waals surface area contributed by atoms with E-state index in [4.69, 9.17) is 9.47 Å². The number of nitrogens with one attached hydrogen (secondary N) is 1. The maximum atomic E-state index is 13.2. The molecule has 1 aromatic carbocycles. The van der Waals surface area contributed by atoms with Gasteiger partial charge in [-0.05, 0) is 45.4 Å². The number of ketones is 2. The normalized spacial score (nSPS) is 15.8. The summed E-state index contributed by atoms with van der Waals surface area (Å²) >= 11 is 1.31. The molecule has 0 fully saturated rings. The van der Waals surface area contributed by atoms with Gasteiger partial charge in [-0.3, -0.25) is 14.2 Å². The van der Waals surface area contributed by atoms with Crippen LogP contribution in [0.1, 0.15) is 57.9 Å². The number of thioether (sulfide) groups is 1. The highest BCUT2D eigenvalue weighted by atomic mass is 32.2. The van der Waals surface area contributed by atoms with E-state index in [1.54, 1.807) is 19.9 Å². The van der Waals surface area contributed by atoms with Crippen LogP contribution in [0.3, 0.4) is 0 Å². The summed E-state index contributed by atoms with van der Waals surface area (Å²) in [5.74, 6) is 1.79. The molecule has 0 saturated carbocycles. The fourth-order valence-electron chi connectivity index (χ4n) is 4.01. The number of hydrogen-bond acceptors (Lipinski definition) is 7. The van der Waals surface area contributed by atoms with Crippen LogP contribution in [0.25, 0.3) is 0 Å². The molecule has 9 heteroatoms. The van der Waals surface area contributed by atoms with E-state index in [0.29, 0.717) is 58.1 Å². The highest BCUT2D eigenvalue weighted by Gasteiger charge is 2.30. The lowest BCUT2D eigenvalue weighted by atomic mass is 10.0. The number of fused-ring (bicyclic) bond motifs is 1. The number of carbonyl (C=O) groups excluding carboxylic acids is 2. The van der Waals surface area contributed by atoms with Crippen molar-refractivity contribution in [3.05, 3.63) is 65.3 Å². The Hall–Kier alpha value is -3.33. The second-order valence-corrected chi connectivity index (χ2v) is 9.22. The summed E-state index contributed by atoms with van der Waals surface area (Å²) in [6.07, 6.45) is 1.32. The Morgan fingerprint density at radius 1 is 1.30 bits per heavy atom. The largest absolute Gasteiger partial charge is 0.485 e. The van der Waals surface area contributed by atoms with Crippen LogP contribution in [0.2, 0.25) is 0 Å². The molecule has 2 atom stereocenters. The maximum Gasteiger partial charge on any atom is 0.192 e. The van der Waals surface area contributed by atoms with Gasteiger partial charge in [0.1, 0.15) is 6.61 Å². The van der Waals surface area contributed by atoms with Gasteiger partial charge in [-0.1, -0.05) is 30.0 Å². The molecule has 33 heavy (non-hydrogen) atoms. The van der Waals surface area contributed by atoms with Crippen molar-refractivity contribution in [1.29, 1.82) is 0 Å². The zero-order valence-corrected chi connectivity index (χ0v) is 19.9. The monoisotopic (exact) mass is 466 g/mol. The van der Waals surface area contributed by atoms with Gasteiger partial charge in [-0.2, -0.15) is 0 Å². The third-order valence-electron chi connectivity index (χ3n) is 5.54. The number of ether oxygens (including phenoxy) is 2. The van der Waals surface area contributed by atoms with Crippen LogP contribution in [-0.2, 0) is 6.54 Å². The van der Waals surface area contributed by atoms with E-state index in [1.807, 2.05) is 35.8 Å². The second-order valence-electron chi connectivity index (χ2n) is 7.91. The Balaban J connectivity index is 1.57. The molecule has 0 aliphatic carbocycles. The molecular weight excluding hydrogens is 440 g/mol. The van der Waals surface area contributed by atoms with Crippen molar-refractivity contribution >= 4 is 23.3 Å². The van der Waals surface area contributed by atoms with Crippen LogP contribution < -0.4 is 9.47 Å². The van der Waals surface area contributed by atoms with E-state index < -0.39 is 11.4 Å². The van der Waals surface area contributed by atoms with E-state index in [-0.39, 0.29) is 11.6 Å². The molecule has 0 unspecified atom stereocenters. The fraction of sp³-hybridized carbons (Fsp3) is 0.333. The number of hydrogen-bond donors (Lipinski definition) is 1. The second kappa shape index (κ2) is 9.27. The highest BCUT2D eigenvalue weighted by molar-refractivity contribution is 8.00. The average molecular weight is 467 g/mol. The van der Waals surface area contributed by atoms with E-state index in [0.717, 1.165) is 0 Å². The van der Waals surface area contributed by atoms with Crippen molar-refractivity contribution in [1.82, 2.24) is 19.7 Å². The lowest BCUT2D eigenvalue weighted by molar-refractivity contribution is 0.0821. The number of Topliss-reactive ketones (excluding diaryl/α,β-unsaturated/α-hetero) is 2. The number of H-pyrrole nitrogens is 1. The lowest BCUT2D eigenvalue weighted by Gasteiger charge is -2.26. The molecule has 0 saturated heterocycles. The molecule has 3 aromatic rings. The molecule has 0 amide bonds. The van der Waals surface area contributed by atoms with Crippen molar-refractivity contribution in [2.45, 2.75) is 50.8 Å². The standard InChI is InChI=1S/C24H26N4O4S/c1-6-11-28-23(19-12-31-17-9-7-8-10-18(17)32-19)26-27-24(28)33-16(5)22(30)21-13(2)20(15(4)29)14(3)25-21/h6-10,16,19,25H,1,11-12H2,2-5H3/t16-,19+/m1/s1. The minimum Gasteiger partial charge on any atom is -0.485 e. The Kier molecular flexibility index (Phi) is 6.42. The summed E-state index contributed by atoms with van der Waals surface area (Å²) in [4.78, 5) is 28.2. The van der Waals surface area contributed by atoms with E-state index in [9.17, 15) is 9.59 Å². The van der Waals surface area contributed by atoms with Gasteiger partial charge in [0.15, 0.2) is 40.2 Å². The summed E-state index contributed by atoms with van der Waals surface area (Å²) in [5, 5.41) is 8.81. The molecule has 1 aliphatic heterocycles. The molecule has 1 aliphatic rings. The van der Waals surface area contributed by atoms with Crippen molar-refractivity contribution < 1.29 is 19.1 Å². The van der Waals surface area contributed by atoms with Gasteiger partial charge in [0.05, 0.1) is 10.9 Å². The van der Waals surface area contributed by atoms with Crippen LogP contribution >= 0.6 is 11.8 Å². The van der Waals surface area contributed by atoms with Gasteiger partial charge in [0.25, 0.3) is 0 Å². The van der Waals surface area contributed by atoms with Crippen molar-refractivity contribution in [2.24, 2.45) is 0 Å². The molecule has 2 aromatic heterocycles. The molecule has 4 rings (SSSR count). The number of aromatic amines is 1. The first kappa shape index (κ1) is 22.8. The third-order valence-corrected chi connectivity index (χ3v) is 6.62. The topological polar surface area (TPSA) is 99.1 Å². The van der Waals surface area contributed by atoms with Crippen LogP contribution in [0.5, 0.6) is 11.5 Å². The first-order chi connectivity index (χ1) is 15.8. The molecule has 1 N–H and O–H groups in total. The molecule has 0 bridgehead atoms. The number of allylic oxidation sites excluding steroid dienone is 1. The van der Waals surface area contributed by atoms with Gasteiger partial charge in [-0.15, -0.1) is 16.8 Å². The number of carbonyl (C=O) groups is 2. The smallest absolute Gasteiger partial charge is 0.192 e. The van der Waals surface area contributed by atoms with E-state index in [2.05, 4.69) is 21.8 Å². The van der Waals surface area contributed by atoms with Gasteiger partial charge in [0, 0.05) is 17.8 Å². The predicted molar refractivity (Wildman–Crippen MR) is 125 cm³/mol. The summed E-state index contributed by atoms with van der Waals surface area (Å²) in [5.41, 5.74) is 2.40. The van der Waals surface area contributed by atoms with E-state index >= 15 is 0 Å². The zero-order valence-electron chi connectivity index (χ0n) is 19.0. The Morgan fingerprint density at radius 3 is 2.70 bits per heavy atom. The maximum absolute atomic E-state index is 13.2. The fourth-order valence-corrected chi connectivity index (χ4v) is 4.94. The molecular formula is C24H26N4O4S. The van der Waals surface area contributed by atoms with Crippen LogP contribution in [-0.4, -0.2) is 43.2 Å². The summed E-state index contributed by atoms with van der Waals surface area (Å²) < 4.78 is 13.8. The number of benzene rings is 1. The van der Waals surface area contributed by atoms with Crippen LogP contribution in [0.4, 0.5) is 0 Å². The van der Waals surface area contributed by atoms with Gasteiger partial charge in [-0.25, -0.2) is 0 Å². The number of nitrogens with zero attached hydrogens (tertiary/aromatic N) is 3. The number of aromatic nitrogens is 4. The summed E-state index contributed by atoms with van der Waals surface area (Å²) in [7, 11) is 0. The van der Waals surface area contributed by atoms with Gasteiger partial charge >= 0.3 is 0 Å². The number of aryl methyl sites for hydroxylation is 1. The van der Waals surface area contributed by atoms with E-state index in [1.165, 1.54) is 18.7 Å².